The minimum Gasteiger partial charge on any atom is -0.462 e. The van der Waals surface area contributed by atoms with Gasteiger partial charge in [0.15, 0.2) is 0 Å². The molecule has 1 heterocycles. The Morgan fingerprint density at radius 2 is 1.77 bits per heavy atom. The fourth-order valence-corrected chi connectivity index (χ4v) is 2.86. The maximum absolute atomic E-state index is 12.4. The van der Waals surface area contributed by atoms with E-state index in [4.69, 9.17) is 4.74 Å². The second-order valence-electron chi connectivity index (χ2n) is 6.57. The van der Waals surface area contributed by atoms with Gasteiger partial charge in [-0.05, 0) is 19.1 Å². The van der Waals surface area contributed by atoms with Gasteiger partial charge in [0.2, 0.25) is 11.8 Å². The molecule has 0 radical (unpaired) electrons. The summed E-state index contributed by atoms with van der Waals surface area (Å²) >= 11 is 0. The first-order valence-electron chi connectivity index (χ1n) is 8.99. The topological polar surface area (TPSA) is 79.0 Å². The highest BCUT2D eigenvalue weighted by Gasteiger charge is 2.24. The fraction of sp³-hybridized carbons (Fsp3) is 0.526. The zero-order valence-electron chi connectivity index (χ0n) is 15.7. The summed E-state index contributed by atoms with van der Waals surface area (Å²) in [6.07, 6.45) is 0. The highest BCUT2D eigenvalue weighted by Crippen LogP contribution is 2.16. The normalized spacial score (nSPS) is 15.0. The summed E-state index contributed by atoms with van der Waals surface area (Å²) in [6.45, 7) is 8.60. The summed E-state index contributed by atoms with van der Waals surface area (Å²) in [5, 5.41) is 2.79. The number of nitrogens with one attached hydrogen (secondary N) is 1. The van der Waals surface area contributed by atoms with Gasteiger partial charge in [-0.2, -0.15) is 0 Å². The van der Waals surface area contributed by atoms with Crippen LogP contribution in [-0.2, 0) is 14.3 Å². The molecule has 7 nitrogen and oxygen atoms in total. The maximum atomic E-state index is 12.4. The van der Waals surface area contributed by atoms with Crippen molar-refractivity contribution in [2.24, 2.45) is 5.92 Å². The molecular formula is C19H27N3O4. The Kier molecular flexibility index (Phi) is 7.15. The molecule has 2 amide bonds. The predicted octanol–water partition coefficient (Wildman–Crippen LogP) is 1.60. The van der Waals surface area contributed by atoms with E-state index in [9.17, 15) is 14.4 Å². The molecule has 0 spiro atoms. The van der Waals surface area contributed by atoms with Crippen molar-refractivity contribution in [3.63, 3.8) is 0 Å². The Hall–Kier alpha value is -2.41. The molecule has 7 heteroatoms. The van der Waals surface area contributed by atoms with Gasteiger partial charge in [-0.25, -0.2) is 4.79 Å². The molecule has 0 bridgehead atoms. The Balaban J connectivity index is 1.89. The van der Waals surface area contributed by atoms with E-state index < -0.39 is 5.97 Å². The van der Waals surface area contributed by atoms with E-state index in [0.717, 1.165) is 0 Å². The van der Waals surface area contributed by atoms with Crippen LogP contribution in [0.2, 0.25) is 0 Å². The highest BCUT2D eigenvalue weighted by atomic mass is 16.5. The minimum atomic E-state index is -0.454. The molecule has 0 aromatic heterocycles. The number of rotatable bonds is 6. The van der Waals surface area contributed by atoms with E-state index >= 15 is 0 Å². The van der Waals surface area contributed by atoms with Gasteiger partial charge in [-0.1, -0.05) is 26.0 Å². The molecule has 1 N–H and O–H groups in total. The number of carbonyl (C=O) groups is 3. The average molecular weight is 361 g/mol. The summed E-state index contributed by atoms with van der Waals surface area (Å²) in [4.78, 5) is 40.2. The number of para-hydroxylation sites is 1. The van der Waals surface area contributed by atoms with Crippen LogP contribution in [0.15, 0.2) is 24.3 Å². The minimum absolute atomic E-state index is 0.00998. The fourth-order valence-electron chi connectivity index (χ4n) is 2.86. The van der Waals surface area contributed by atoms with Gasteiger partial charge in [-0.15, -0.1) is 0 Å². The lowest BCUT2D eigenvalue weighted by Crippen LogP contribution is -2.51. The first-order chi connectivity index (χ1) is 12.4. The Morgan fingerprint density at radius 3 is 2.38 bits per heavy atom. The smallest absolute Gasteiger partial charge is 0.340 e. The van der Waals surface area contributed by atoms with Crippen molar-refractivity contribution in [3.05, 3.63) is 29.8 Å². The molecule has 2 rings (SSSR count). The molecule has 1 fully saturated rings. The molecule has 1 aliphatic rings. The van der Waals surface area contributed by atoms with Gasteiger partial charge in [-0.3, -0.25) is 14.5 Å². The van der Waals surface area contributed by atoms with E-state index in [2.05, 4.69) is 5.32 Å². The molecule has 1 aromatic carbocycles. The molecule has 0 unspecified atom stereocenters. The monoisotopic (exact) mass is 361 g/mol. The molecule has 1 aliphatic heterocycles. The number of nitrogens with zero attached hydrogens (tertiary/aromatic N) is 2. The van der Waals surface area contributed by atoms with Crippen LogP contribution in [0.4, 0.5) is 5.69 Å². The number of hydrogen-bond acceptors (Lipinski definition) is 5. The standard InChI is InChI=1S/C19H27N3O4/c1-4-26-19(25)15-7-5-6-8-16(15)20-17(23)13-21-9-11-22(12-10-21)18(24)14(2)3/h5-8,14H,4,9-13H2,1-3H3,(H,20,23). The van der Waals surface area contributed by atoms with Crippen LogP contribution in [0.3, 0.4) is 0 Å². The molecule has 26 heavy (non-hydrogen) atoms. The highest BCUT2D eigenvalue weighted by molar-refractivity contribution is 6.01. The van der Waals surface area contributed by atoms with E-state index in [1.165, 1.54) is 0 Å². The van der Waals surface area contributed by atoms with Gasteiger partial charge in [0.25, 0.3) is 0 Å². The molecule has 142 valence electrons. The van der Waals surface area contributed by atoms with Crippen LogP contribution in [0, 0.1) is 5.92 Å². The largest absolute Gasteiger partial charge is 0.462 e. The van der Waals surface area contributed by atoms with Gasteiger partial charge >= 0.3 is 5.97 Å². The number of amides is 2. The van der Waals surface area contributed by atoms with Gasteiger partial charge in [0.1, 0.15) is 0 Å². The summed E-state index contributed by atoms with van der Waals surface area (Å²) in [6, 6.07) is 6.80. The Bertz CT molecular complexity index is 652. The summed E-state index contributed by atoms with van der Waals surface area (Å²) in [5.41, 5.74) is 0.791. The van der Waals surface area contributed by atoms with Crippen molar-refractivity contribution in [1.82, 2.24) is 9.80 Å². The zero-order valence-corrected chi connectivity index (χ0v) is 15.7. The van der Waals surface area contributed by atoms with Crippen molar-refractivity contribution in [2.45, 2.75) is 20.8 Å². The number of anilines is 1. The number of benzene rings is 1. The average Bonchev–Trinajstić information content (AvgIpc) is 2.62. The van der Waals surface area contributed by atoms with E-state index in [0.29, 0.717) is 37.4 Å². The lowest BCUT2D eigenvalue weighted by Gasteiger charge is -2.35. The predicted molar refractivity (Wildman–Crippen MR) is 98.9 cm³/mol. The van der Waals surface area contributed by atoms with Crippen LogP contribution in [0.1, 0.15) is 31.1 Å². The van der Waals surface area contributed by atoms with E-state index in [-0.39, 0.29) is 30.9 Å². The third-order valence-corrected chi connectivity index (χ3v) is 4.24. The molecule has 0 aliphatic carbocycles. The first-order valence-corrected chi connectivity index (χ1v) is 8.99. The van der Waals surface area contributed by atoms with E-state index in [1.807, 2.05) is 23.6 Å². The third-order valence-electron chi connectivity index (χ3n) is 4.24. The SMILES string of the molecule is CCOC(=O)c1ccccc1NC(=O)CN1CCN(C(=O)C(C)C)CC1. The van der Waals surface area contributed by atoms with Crippen LogP contribution in [0.5, 0.6) is 0 Å². The third kappa shape index (κ3) is 5.29. The number of ether oxygens (including phenoxy) is 1. The number of hydrogen-bond donors (Lipinski definition) is 1. The molecule has 1 aromatic rings. The summed E-state index contributed by atoms with van der Waals surface area (Å²) in [5.74, 6) is -0.503. The summed E-state index contributed by atoms with van der Waals surface area (Å²) in [7, 11) is 0. The van der Waals surface area contributed by atoms with Crippen molar-refractivity contribution in [1.29, 1.82) is 0 Å². The van der Waals surface area contributed by atoms with Crippen LogP contribution >= 0.6 is 0 Å². The summed E-state index contributed by atoms with van der Waals surface area (Å²) < 4.78 is 5.02. The van der Waals surface area contributed by atoms with Crippen molar-refractivity contribution < 1.29 is 19.1 Å². The Morgan fingerprint density at radius 1 is 1.12 bits per heavy atom. The second-order valence-corrected chi connectivity index (χ2v) is 6.57. The maximum Gasteiger partial charge on any atom is 0.340 e. The zero-order chi connectivity index (χ0) is 19.1. The number of carbonyl (C=O) groups excluding carboxylic acids is 3. The number of piperazine rings is 1. The van der Waals surface area contributed by atoms with Gasteiger partial charge in [0, 0.05) is 32.1 Å². The number of esters is 1. The van der Waals surface area contributed by atoms with Gasteiger partial charge in [0.05, 0.1) is 24.4 Å². The van der Waals surface area contributed by atoms with Crippen LogP contribution < -0.4 is 5.32 Å². The van der Waals surface area contributed by atoms with E-state index in [1.54, 1.807) is 31.2 Å². The lowest BCUT2D eigenvalue weighted by atomic mass is 10.1. The first kappa shape index (κ1) is 19.9. The molecule has 0 saturated carbocycles. The second kappa shape index (κ2) is 9.33. The van der Waals surface area contributed by atoms with Crippen LogP contribution in [0.25, 0.3) is 0 Å². The van der Waals surface area contributed by atoms with Crippen LogP contribution in [-0.4, -0.2) is 66.9 Å². The van der Waals surface area contributed by atoms with Crippen molar-refractivity contribution in [2.75, 3.05) is 44.6 Å². The Labute approximate surface area is 154 Å². The van der Waals surface area contributed by atoms with Gasteiger partial charge < -0.3 is 15.0 Å². The molecular weight excluding hydrogens is 334 g/mol. The lowest BCUT2D eigenvalue weighted by molar-refractivity contribution is -0.136. The van der Waals surface area contributed by atoms with Crippen molar-refractivity contribution >= 4 is 23.5 Å². The molecule has 1 saturated heterocycles. The van der Waals surface area contributed by atoms with Crippen molar-refractivity contribution in [3.8, 4) is 0 Å². The quantitative estimate of drug-likeness (QED) is 0.779. The molecule has 0 atom stereocenters.